The molecule has 4 nitrogen and oxygen atoms in total. The molecule has 0 saturated carbocycles. The largest absolute Gasteiger partial charge is 0.340 e. The van der Waals surface area contributed by atoms with Crippen molar-refractivity contribution in [3.05, 3.63) is 76.9 Å². The first-order chi connectivity index (χ1) is 14.0. The van der Waals surface area contributed by atoms with Gasteiger partial charge in [0.25, 0.3) is 5.91 Å². The highest BCUT2D eigenvalue weighted by Crippen LogP contribution is 2.35. The number of carbonyl (C=O) groups is 2. The lowest BCUT2D eigenvalue weighted by atomic mass is 10.0. The van der Waals surface area contributed by atoms with Crippen LogP contribution in [0.5, 0.6) is 0 Å². The lowest BCUT2D eigenvalue weighted by Crippen LogP contribution is -2.47. The normalized spacial score (nSPS) is 13.5. The number of hydrogen-bond donors (Lipinski definition) is 2. The summed E-state index contributed by atoms with van der Waals surface area (Å²) in [4.78, 5) is 25.9. The molecule has 1 unspecified atom stereocenters. The van der Waals surface area contributed by atoms with Crippen molar-refractivity contribution >= 4 is 28.3 Å². The van der Waals surface area contributed by atoms with Gasteiger partial charge in [0.15, 0.2) is 0 Å². The van der Waals surface area contributed by atoms with Gasteiger partial charge in [0.05, 0.1) is 0 Å². The molecule has 0 fully saturated rings. The Hall–Kier alpha value is -3.14. The topological polar surface area (TPSA) is 58.2 Å². The molecule has 1 aliphatic rings. The molecule has 0 bridgehead atoms. The van der Waals surface area contributed by atoms with Crippen molar-refractivity contribution in [2.24, 2.45) is 5.92 Å². The molecule has 0 saturated heterocycles. The highest BCUT2D eigenvalue weighted by Gasteiger charge is 2.26. The zero-order chi connectivity index (χ0) is 20.5. The van der Waals surface area contributed by atoms with E-state index < -0.39 is 6.04 Å². The smallest absolute Gasteiger partial charge is 0.252 e. The molecular weight excluding hydrogens is 360 g/mol. The van der Waals surface area contributed by atoms with Gasteiger partial charge in [-0.1, -0.05) is 56.3 Å². The lowest BCUT2D eigenvalue weighted by molar-refractivity contribution is -0.118. The summed E-state index contributed by atoms with van der Waals surface area (Å²) in [5, 5.41) is 8.32. The summed E-state index contributed by atoms with van der Waals surface area (Å²) in [7, 11) is 0. The zero-order valence-corrected chi connectivity index (χ0v) is 17.1. The fourth-order valence-corrected chi connectivity index (χ4v) is 4.15. The zero-order valence-electron chi connectivity index (χ0n) is 17.1. The molecule has 0 radical (unpaired) electrons. The number of carbonyl (C=O) groups excluding carboxylic acids is 2. The Labute approximate surface area is 171 Å². The first-order valence-corrected chi connectivity index (χ1v) is 10.2. The highest BCUT2D eigenvalue weighted by molar-refractivity contribution is 6.07. The van der Waals surface area contributed by atoms with Crippen LogP contribution in [0.4, 0.5) is 5.69 Å². The summed E-state index contributed by atoms with van der Waals surface area (Å²) in [5.41, 5.74) is 4.95. The van der Waals surface area contributed by atoms with E-state index in [1.165, 1.54) is 16.5 Å². The Balaban J connectivity index is 1.59. The minimum absolute atomic E-state index is 0.0419. The molecule has 1 aliphatic carbocycles. The molecular formula is C25H26N2O2. The van der Waals surface area contributed by atoms with Crippen molar-refractivity contribution in [2.45, 2.75) is 39.7 Å². The maximum atomic E-state index is 13.1. The molecule has 3 aromatic rings. The first kappa shape index (κ1) is 19.2. The Morgan fingerprint density at radius 3 is 2.34 bits per heavy atom. The second-order valence-electron chi connectivity index (χ2n) is 8.11. The van der Waals surface area contributed by atoms with Gasteiger partial charge in [-0.2, -0.15) is 0 Å². The van der Waals surface area contributed by atoms with E-state index >= 15 is 0 Å². The number of benzene rings is 3. The number of nitrogens with one attached hydrogen (secondary N) is 2. The molecule has 2 amide bonds. The Morgan fingerprint density at radius 1 is 0.897 bits per heavy atom. The van der Waals surface area contributed by atoms with Gasteiger partial charge in [0.1, 0.15) is 6.04 Å². The summed E-state index contributed by atoms with van der Waals surface area (Å²) >= 11 is 0. The van der Waals surface area contributed by atoms with E-state index in [1.54, 1.807) is 6.07 Å². The fraction of sp³-hybridized carbons (Fsp3) is 0.280. The van der Waals surface area contributed by atoms with Crippen molar-refractivity contribution in [1.29, 1.82) is 0 Å². The van der Waals surface area contributed by atoms with Gasteiger partial charge < -0.3 is 10.6 Å². The second-order valence-corrected chi connectivity index (χ2v) is 8.11. The van der Waals surface area contributed by atoms with E-state index in [0.717, 1.165) is 29.5 Å². The van der Waals surface area contributed by atoms with Crippen molar-refractivity contribution in [2.75, 3.05) is 5.32 Å². The Kier molecular flexibility index (Phi) is 5.10. The van der Waals surface area contributed by atoms with Gasteiger partial charge in [-0.3, -0.25) is 9.59 Å². The predicted molar refractivity (Wildman–Crippen MR) is 117 cm³/mol. The first-order valence-electron chi connectivity index (χ1n) is 10.2. The van der Waals surface area contributed by atoms with Crippen molar-refractivity contribution in [3.63, 3.8) is 0 Å². The van der Waals surface area contributed by atoms with Gasteiger partial charge in [-0.05, 0) is 59.9 Å². The summed E-state index contributed by atoms with van der Waals surface area (Å²) in [5.74, 6) is -0.460. The number of rotatable bonds is 5. The average Bonchev–Trinajstić information content (AvgIpc) is 3.13. The van der Waals surface area contributed by atoms with Crippen LogP contribution in [0.15, 0.2) is 54.6 Å². The summed E-state index contributed by atoms with van der Waals surface area (Å²) in [6.45, 7) is 5.78. The van der Waals surface area contributed by atoms with Crippen LogP contribution in [0.25, 0.3) is 10.8 Å². The molecule has 0 aliphatic heterocycles. The van der Waals surface area contributed by atoms with Crippen molar-refractivity contribution in [1.82, 2.24) is 5.32 Å². The fourth-order valence-electron chi connectivity index (χ4n) is 4.15. The van der Waals surface area contributed by atoms with Gasteiger partial charge in [0.2, 0.25) is 5.91 Å². The van der Waals surface area contributed by atoms with E-state index in [1.807, 2.05) is 51.1 Å². The second kappa shape index (κ2) is 7.70. The molecule has 148 valence electrons. The quantitative estimate of drug-likeness (QED) is 0.671. The maximum absolute atomic E-state index is 13.1. The van der Waals surface area contributed by atoms with Crippen molar-refractivity contribution in [3.8, 4) is 0 Å². The van der Waals surface area contributed by atoms with E-state index in [0.29, 0.717) is 5.56 Å². The van der Waals surface area contributed by atoms with Gasteiger partial charge in [0, 0.05) is 16.6 Å². The highest BCUT2D eigenvalue weighted by atomic mass is 16.2. The van der Waals surface area contributed by atoms with E-state index in [2.05, 4.69) is 28.8 Å². The molecule has 4 heteroatoms. The van der Waals surface area contributed by atoms with E-state index in [4.69, 9.17) is 0 Å². The third-order valence-electron chi connectivity index (χ3n) is 5.76. The molecule has 2 N–H and O–H groups in total. The Bertz CT molecular complexity index is 1090. The number of anilines is 1. The molecule has 0 aromatic heterocycles. The summed E-state index contributed by atoms with van der Waals surface area (Å²) < 4.78 is 0. The number of aryl methyl sites for hydroxylation is 3. The van der Waals surface area contributed by atoms with Crippen molar-refractivity contribution < 1.29 is 9.59 Å². The standard InChI is InChI=1S/C25H26N2O2/c1-15(2)23(27-24(28)19-9-5-4-7-16(19)3)25(29)26-21-14-13-18-12-11-17-8-6-10-20(21)22(17)18/h4-10,13-15,23H,11-12H2,1-3H3,(H,26,29)(H,27,28). The molecule has 0 spiro atoms. The lowest BCUT2D eigenvalue weighted by Gasteiger charge is -2.23. The van der Waals surface area contributed by atoms with Gasteiger partial charge in [-0.25, -0.2) is 0 Å². The van der Waals surface area contributed by atoms with Gasteiger partial charge in [-0.15, -0.1) is 0 Å². The van der Waals surface area contributed by atoms with Crippen LogP contribution in [0.1, 0.15) is 40.9 Å². The monoisotopic (exact) mass is 386 g/mol. The molecule has 4 rings (SSSR count). The van der Waals surface area contributed by atoms with Crippen LogP contribution in [-0.4, -0.2) is 17.9 Å². The molecule has 3 aromatic carbocycles. The van der Waals surface area contributed by atoms with Gasteiger partial charge >= 0.3 is 0 Å². The molecule has 1 atom stereocenters. The van der Waals surface area contributed by atoms with Crippen LogP contribution in [0, 0.1) is 12.8 Å². The van der Waals surface area contributed by atoms with Crippen LogP contribution < -0.4 is 10.6 Å². The predicted octanol–water partition coefficient (Wildman–Crippen LogP) is 4.64. The van der Waals surface area contributed by atoms with Crippen LogP contribution >= 0.6 is 0 Å². The van der Waals surface area contributed by atoms with E-state index in [-0.39, 0.29) is 17.7 Å². The van der Waals surface area contributed by atoms with Crippen LogP contribution in [0.2, 0.25) is 0 Å². The number of hydrogen-bond acceptors (Lipinski definition) is 2. The summed E-state index contributed by atoms with van der Waals surface area (Å²) in [6, 6.07) is 17.1. The van der Waals surface area contributed by atoms with E-state index in [9.17, 15) is 9.59 Å². The average molecular weight is 386 g/mol. The third kappa shape index (κ3) is 3.63. The number of amides is 2. The summed E-state index contributed by atoms with van der Waals surface area (Å²) in [6.07, 6.45) is 2.09. The third-order valence-corrected chi connectivity index (χ3v) is 5.76. The molecule has 29 heavy (non-hydrogen) atoms. The van der Waals surface area contributed by atoms with Crippen LogP contribution in [-0.2, 0) is 17.6 Å². The Morgan fingerprint density at radius 2 is 1.62 bits per heavy atom. The maximum Gasteiger partial charge on any atom is 0.252 e. The SMILES string of the molecule is Cc1ccccc1C(=O)NC(C(=O)Nc1ccc2c3c(cccc13)CC2)C(C)C. The molecule has 0 heterocycles. The minimum atomic E-state index is -0.620. The minimum Gasteiger partial charge on any atom is -0.340 e. The van der Waals surface area contributed by atoms with Crippen LogP contribution in [0.3, 0.4) is 0 Å².